The van der Waals surface area contributed by atoms with Crippen LogP contribution in [0.3, 0.4) is 0 Å². The van der Waals surface area contributed by atoms with E-state index >= 15 is 0 Å². The Labute approximate surface area is 143 Å². The summed E-state index contributed by atoms with van der Waals surface area (Å²) in [6.07, 6.45) is 3.26. The lowest BCUT2D eigenvalue weighted by Gasteiger charge is -2.12. The van der Waals surface area contributed by atoms with E-state index in [4.69, 9.17) is 4.74 Å². The lowest BCUT2D eigenvalue weighted by Crippen LogP contribution is -1.98. The van der Waals surface area contributed by atoms with Crippen LogP contribution in [0.4, 0.5) is 0 Å². The molecule has 118 valence electrons. The van der Waals surface area contributed by atoms with E-state index < -0.39 is 0 Å². The number of rotatable bonds is 3. The summed E-state index contributed by atoms with van der Waals surface area (Å²) in [7, 11) is 0. The molecule has 0 unspecified atom stereocenters. The third kappa shape index (κ3) is 2.61. The molecule has 0 aliphatic carbocycles. The van der Waals surface area contributed by atoms with Gasteiger partial charge in [0.25, 0.3) is 0 Å². The molecule has 0 amide bonds. The van der Waals surface area contributed by atoms with E-state index in [0.29, 0.717) is 17.3 Å². The number of hydrogen-bond donors (Lipinski definition) is 0. The topological polar surface area (TPSA) is 60.8 Å². The van der Waals surface area contributed by atoms with Crippen molar-refractivity contribution < 1.29 is 4.74 Å². The fraction of sp³-hybridized carbons (Fsp3) is 0.111. The lowest BCUT2D eigenvalue weighted by molar-refractivity contribution is 0.468. The first-order chi connectivity index (χ1) is 11.7. The Morgan fingerprint density at radius 1 is 1.04 bits per heavy atom. The second kappa shape index (κ2) is 5.98. The van der Waals surface area contributed by atoms with Crippen molar-refractivity contribution in [3.63, 3.8) is 0 Å². The molecule has 4 rings (SSSR count). The molecule has 0 bridgehead atoms. The van der Waals surface area contributed by atoms with Gasteiger partial charge in [-0.3, -0.25) is 4.98 Å². The minimum Gasteiger partial charge on any atom is -0.435 e. The summed E-state index contributed by atoms with van der Waals surface area (Å²) in [6, 6.07) is 9.67. The molecule has 0 aromatic carbocycles. The van der Waals surface area contributed by atoms with E-state index in [1.165, 1.54) is 6.33 Å². The molecule has 0 radical (unpaired) electrons. The largest absolute Gasteiger partial charge is 0.435 e. The SMILES string of the molecule is Cc1cc(Oc2ncnc3ccsc23)c(-c2ccccn2)nc1C. The van der Waals surface area contributed by atoms with Crippen LogP contribution in [0.25, 0.3) is 21.6 Å². The first-order valence-electron chi connectivity index (χ1n) is 7.48. The highest BCUT2D eigenvalue weighted by Gasteiger charge is 2.15. The molecule has 0 aliphatic rings. The maximum Gasteiger partial charge on any atom is 0.240 e. The van der Waals surface area contributed by atoms with Crippen LogP contribution in [0.1, 0.15) is 11.3 Å². The first kappa shape index (κ1) is 14.7. The maximum atomic E-state index is 6.13. The Morgan fingerprint density at radius 2 is 1.96 bits per heavy atom. The Hall–Kier alpha value is -2.86. The number of thiophene rings is 1. The van der Waals surface area contributed by atoms with Crippen molar-refractivity contribution in [2.24, 2.45) is 0 Å². The number of hydrogen-bond acceptors (Lipinski definition) is 6. The zero-order valence-corrected chi connectivity index (χ0v) is 14.0. The fourth-order valence-electron chi connectivity index (χ4n) is 2.39. The summed E-state index contributed by atoms with van der Waals surface area (Å²) in [5.74, 6) is 1.18. The van der Waals surface area contributed by atoms with E-state index in [1.54, 1.807) is 17.5 Å². The predicted octanol–water partition coefficient (Wildman–Crippen LogP) is 4.56. The number of ether oxygens (including phenoxy) is 1. The van der Waals surface area contributed by atoms with Crippen molar-refractivity contribution in [1.82, 2.24) is 19.9 Å². The Kier molecular flexibility index (Phi) is 3.66. The second-order valence-corrected chi connectivity index (χ2v) is 6.28. The van der Waals surface area contributed by atoms with Crippen molar-refractivity contribution in [3.05, 3.63) is 59.5 Å². The Balaban J connectivity index is 1.86. The molecule has 0 N–H and O–H groups in total. The number of aryl methyl sites for hydroxylation is 2. The smallest absolute Gasteiger partial charge is 0.240 e. The Morgan fingerprint density at radius 3 is 2.79 bits per heavy atom. The molecule has 24 heavy (non-hydrogen) atoms. The molecular weight excluding hydrogens is 320 g/mol. The van der Waals surface area contributed by atoms with Crippen molar-refractivity contribution in [2.75, 3.05) is 0 Å². The van der Waals surface area contributed by atoms with E-state index in [9.17, 15) is 0 Å². The number of nitrogens with zero attached hydrogens (tertiary/aromatic N) is 4. The monoisotopic (exact) mass is 334 g/mol. The summed E-state index contributed by atoms with van der Waals surface area (Å²) in [6.45, 7) is 3.99. The summed E-state index contributed by atoms with van der Waals surface area (Å²) in [4.78, 5) is 17.6. The van der Waals surface area contributed by atoms with Gasteiger partial charge < -0.3 is 4.74 Å². The summed E-state index contributed by atoms with van der Waals surface area (Å²) in [5, 5.41) is 1.98. The normalized spacial score (nSPS) is 10.9. The molecule has 4 aromatic rings. The molecule has 0 aliphatic heterocycles. The van der Waals surface area contributed by atoms with E-state index in [2.05, 4.69) is 19.9 Å². The third-order valence-corrected chi connectivity index (χ3v) is 4.65. The number of fused-ring (bicyclic) bond motifs is 1. The van der Waals surface area contributed by atoms with Crippen LogP contribution in [-0.4, -0.2) is 19.9 Å². The zero-order chi connectivity index (χ0) is 16.5. The molecule has 0 fully saturated rings. The molecular formula is C18H14N4OS. The van der Waals surface area contributed by atoms with Crippen molar-refractivity contribution in [1.29, 1.82) is 0 Å². The fourth-order valence-corrected chi connectivity index (χ4v) is 3.16. The van der Waals surface area contributed by atoms with Gasteiger partial charge in [0, 0.05) is 11.9 Å². The summed E-state index contributed by atoms with van der Waals surface area (Å²) in [5.41, 5.74) is 4.36. The molecule has 0 spiro atoms. The quantitative estimate of drug-likeness (QED) is 0.550. The van der Waals surface area contributed by atoms with Crippen LogP contribution < -0.4 is 4.74 Å². The van der Waals surface area contributed by atoms with Crippen LogP contribution in [0.5, 0.6) is 11.6 Å². The van der Waals surface area contributed by atoms with Gasteiger partial charge in [-0.25, -0.2) is 15.0 Å². The predicted molar refractivity (Wildman–Crippen MR) is 94.4 cm³/mol. The number of aromatic nitrogens is 4. The van der Waals surface area contributed by atoms with Crippen LogP contribution in [0.15, 0.2) is 48.2 Å². The van der Waals surface area contributed by atoms with Gasteiger partial charge in [0.15, 0.2) is 5.75 Å². The molecule has 0 saturated carbocycles. The van der Waals surface area contributed by atoms with E-state index in [-0.39, 0.29) is 0 Å². The molecule has 5 nitrogen and oxygen atoms in total. The van der Waals surface area contributed by atoms with Gasteiger partial charge in [0.2, 0.25) is 5.88 Å². The van der Waals surface area contributed by atoms with Crippen LogP contribution in [0.2, 0.25) is 0 Å². The minimum atomic E-state index is 0.539. The van der Waals surface area contributed by atoms with Gasteiger partial charge in [0.1, 0.15) is 16.7 Å². The van der Waals surface area contributed by atoms with Crippen molar-refractivity contribution in [3.8, 4) is 23.0 Å². The third-order valence-electron chi connectivity index (χ3n) is 3.76. The van der Waals surface area contributed by atoms with Crippen LogP contribution in [0, 0.1) is 13.8 Å². The van der Waals surface area contributed by atoms with Gasteiger partial charge in [-0.2, -0.15) is 0 Å². The second-order valence-electron chi connectivity index (χ2n) is 5.37. The Bertz CT molecular complexity index is 1010. The van der Waals surface area contributed by atoms with Gasteiger partial charge in [-0.1, -0.05) is 6.07 Å². The minimum absolute atomic E-state index is 0.539. The van der Waals surface area contributed by atoms with Crippen molar-refractivity contribution in [2.45, 2.75) is 13.8 Å². The highest BCUT2D eigenvalue weighted by atomic mass is 32.1. The average molecular weight is 334 g/mol. The summed E-state index contributed by atoms with van der Waals surface area (Å²) < 4.78 is 7.05. The maximum absolute atomic E-state index is 6.13. The zero-order valence-electron chi connectivity index (χ0n) is 13.2. The van der Waals surface area contributed by atoms with E-state index in [0.717, 1.165) is 27.2 Å². The molecule has 4 aromatic heterocycles. The average Bonchev–Trinajstić information content (AvgIpc) is 3.08. The first-order valence-corrected chi connectivity index (χ1v) is 8.36. The van der Waals surface area contributed by atoms with Gasteiger partial charge >= 0.3 is 0 Å². The van der Waals surface area contributed by atoms with Gasteiger partial charge in [0.05, 0.1) is 11.2 Å². The molecule has 4 heterocycles. The van der Waals surface area contributed by atoms with Crippen LogP contribution in [-0.2, 0) is 0 Å². The van der Waals surface area contributed by atoms with E-state index in [1.807, 2.05) is 49.6 Å². The number of pyridine rings is 2. The molecule has 0 saturated heterocycles. The lowest BCUT2D eigenvalue weighted by atomic mass is 10.1. The van der Waals surface area contributed by atoms with Crippen molar-refractivity contribution >= 4 is 21.6 Å². The highest BCUT2D eigenvalue weighted by Crippen LogP contribution is 2.35. The van der Waals surface area contributed by atoms with Crippen LogP contribution >= 0.6 is 11.3 Å². The summed E-state index contributed by atoms with van der Waals surface area (Å²) >= 11 is 1.56. The highest BCUT2D eigenvalue weighted by molar-refractivity contribution is 7.17. The molecule has 6 heteroatoms. The van der Waals surface area contributed by atoms with Gasteiger partial charge in [-0.15, -0.1) is 11.3 Å². The van der Waals surface area contributed by atoms with Gasteiger partial charge in [-0.05, 0) is 49.1 Å². The standard InChI is InChI=1S/C18H14N4OS/c1-11-9-15(16(22-12(11)2)13-5-3-4-7-19-13)23-18-17-14(6-8-24-17)20-10-21-18/h3-10H,1-2H3. The molecule has 0 atom stereocenters.